The molecule has 0 radical (unpaired) electrons. The lowest BCUT2D eigenvalue weighted by Crippen LogP contribution is -2.16. The summed E-state index contributed by atoms with van der Waals surface area (Å²) in [5, 5.41) is 8.02. The van der Waals surface area contributed by atoms with Crippen LogP contribution in [-0.2, 0) is 19.6 Å². The molecule has 2 aromatic heterocycles. The molecule has 6 rings (SSSR count). The molecule has 0 unspecified atom stereocenters. The first-order chi connectivity index (χ1) is 17.3. The SMILES string of the molecule is O=C(Nc1ccccc1)c1c(-c2ccccc2)c2c3n(c(COc4ccccc4)nn13)CCCC2. The molecule has 0 atom stereocenters. The molecule has 0 fully saturated rings. The van der Waals surface area contributed by atoms with E-state index in [0.717, 1.165) is 59.8 Å². The third-order valence-corrected chi connectivity index (χ3v) is 6.48. The second kappa shape index (κ2) is 9.14. The number of hydrogen-bond donors (Lipinski definition) is 1. The number of nitrogens with zero attached hydrogens (tertiary/aromatic N) is 3. The molecule has 0 saturated heterocycles. The molecule has 0 saturated carbocycles. The maximum Gasteiger partial charge on any atom is 0.275 e. The zero-order valence-corrected chi connectivity index (χ0v) is 19.4. The van der Waals surface area contributed by atoms with Gasteiger partial charge in [0.05, 0.1) is 0 Å². The van der Waals surface area contributed by atoms with Crippen molar-refractivity contribution in [2.24, 2.45) is 0 Å². The molecule has 35 heavy (non-hydrogen) atoms. The van der Waals surface area contributed by atoms with Crippen LogP contribution in [0, 0.1) is 0 Å². The number of carbonyl (C=O) groups is 1. The summed E-state index contributed by atoms with van der Waals surface area (Å²) in [4.78, 5) is 13.7. The van der Waals surface area contributed by atoms with Crippen LogP contribution in [-0.4, -0.2) is 20.1 Å². The molecular formula is C29H26N4O2. The van der Waals surface area contributed by atoms with E-state index in [1.807, 2.05) is 83.4 Å². The second-order valence-corrected chi connectivity index (χ2v) is 8.75. The number of hydrogen-bond acceptors (Lipinski definition) is 3. The van der Waals surface area contributed by atoms with Crippen LogP contribution in [0.5, 0.6) is 5.75 Å². The highest BCUT2D eigenvalue weighted by molar-refractivity contribution is 6.09. The highest BCUT2D eigenvalue weighted by atomic mass is 16.5. The number of nitrogens with one attached hydrogen (secondary N) is 1. The largest absolute Gasteiger partial charge is 0.486 e. The minimum Gasteiger partial charge on any atom is -0.486 e. The molecule has 0 spiro atoms. The first kappa shape index (κ1) is 21.2. The van der Waals surface area contributed by atoms with Gasteiger partial charge in [-0.25, -0.2) is 4.52 Å². The van der Waals surface area contributed by atoms with Gasteiger partial charge in [-0.1, -0.05) is 66.7 Å². The van der Waals surface area contributed by atoms with Gasteiger partial charge in [-0.2, -0.15) is 0 Å². The van der Waals surface area contributed by atoms with Gasteiger partial charge in [0.1, 0.15) is 23.7 Å². The number of aryl methyl sites for hydroxylation is 2. The van der Waals surface area contributed by atoms with Crippen molar-refractivity contribution in [3.05, 3.63) is 108 Å². The number of carbonyl (C=O) groups excluding carboxylic acids is 1. The predicted octanol–water partition coefficient (Wildman–Crippen LogP) is 5.97. The number of amides is 1. The zero-order chi connectivity index (χ0) is 23.6. The summed E-state index contributed by atoms with van der Waals surface area (Å²) in [5.74, 6) is 1.45. The van der Waals surface area contributed by atoms with E-state index in [9.17, 15) is 4.79 Å². The molecular weight excluding hydrogens is 436 g/mol. The van der Waals surface area contributed by atoms with Crippen molar-refractivity contribution < 1.29 is 9.53 Å². The average molecular weight is 463 g/mol. The van der Waals surface area contributed by atoms with Gasteiger partial charge in [-0.05, 0) is 49.1 Å². The van der Waals surface area contributed by atoms with Crippen molar-refractivity contribution >= 4 is 17.2 Å². The number of anilines is 1. The lowest BCUT2D eigenvalue weighted by Gasteiger charge is -2.10. The lowest BCUT2D eigenvalue weighted by molar-refractivity contribution is 0.102. The molecule has 0 aliphatic carbocycles. The van der Waals surface area contributed by atoms with Crippen LogP contribution in [0.2, 0.25) is 0 Å². The van der Waals surface area contributed by atoms with Crippen LogP contribution < -0.4 is 10.1 Å². The van der Waals surface area contributed by atoms with Gasteiger partial charge in [0.25, 0.3) is 5.91 Å². The lowest BCUT2D eigenvalue weighted by atomic mass is 9.98. The fraction of sp³-hybridized carbons (Fsp3) is 0.172. The van der Waals surface area contributed by atoms with Crippen LogP contribution in [0.1, 0.15) is 34.7 Å². The van der Waals surface area contributed by atoms with Gasteiger partial charge in [0, 0.05) is 23.4 Å². The van der Waals surface area contributed by atoms with E-state index in [2.05, 4.69) is 22.0 Å². The van der Waals surface area contributed by atoms with Crippen LogP contribution in [0.15, 0.2) is 91.0 Å². The van der Waals surface area contributed by atoms with Crippen molar-refractivity contribution in [3.8, 4) is 16.9 Å². The third-order valence-electron chi connectivity index (χ3n) is 6.48. The van der Waals surface area contributed by atoms with Crippen molar-refractivity contribution in [2.75, 3.05) is 5.32 Å². The summed E-state index contributed by atoms with van der Waals surface area (Å²) in [6.07, 6.45) is 3.01. The standard InChI is InChI=1S/C29H26N4O2/c34-28(30-22-14-6-2-7-15-22)27-26(21-12-4-1-5-13-21)24-18-10-11-19-32-25(31-33(27)29(24)32)20-35-23-16-8-3-9-17-23/h1-9,12-17H,10-11,18-20H2,(H,30,34). The molecule has 1 aliphatic heterocycles. The Morgan fingerprint density at radius 3 is 2.31 bits per heavy atom. The van der Waals surface area contributed by atoms with Gasteiger partial charge in [0.2, 0.25) is 0 Å². The van der Waals surface area contributed by atoms with Gasteiger partial charge >= 0.3 is 0 Å². The van der Waals surface area contributed by atoms with Gasteiger partial charge < -0.3 is 14.6 Å². The molecule has 6 heteroatoms. The van der Waals surface area contributed by atoms with Crippen molar-refractivity contribution in [2.45, 2.75) is 32.4 Å². The first-order valence-corrected chi connectivity index (χ1v) is 12.0. The Kier molecular flexibility index (Phi) is 5.54. The zero-order valence-electron chi connectivity index (χ0n) is 19.4. The monoisotopic (exact) mass is 462 g/mol. The Hall–Kier alpha value is -4.32. The Bertz CT molecular complexity index is 1470. The predicted molar refractivity (Wildman–Crippen MR) is 137 cm³/mol. The number of benzene rings is 3. The average Bonchev–Trinajstić information content (AvgIpc) is 3.31. The highest BCUT2D eigenvalue weighted by Gasteiger charge is 2.30. The van der Waals surface area contributed by atoms with Crippen molar-refractivity contribution in [1.82, 2.24) is 14.2 Å². The topological polar surface area (TPSA) is 60.6 Å². The van der Waals surface area contributed by atoms with E-state index >= 15 is 0 Å². The fourth-order valence-corrected chi connectivity index (χ4v) is 4.91. The normalized spacial score (nSPS) is 12.9. The van der Waals surface area contributed by atoms with Gasteiger partial charge in [-0.15, -0.1) is 5.10 Å². The van der Waals surface area contributed by atoms with E-state index in [-0.39, 0.29) is 5.91 Å². The van der Waals surface area contributed by atoms with Crippen LogP contribution in [0.25, 0.3) is 16.8 Å². The number of ether oxygens (including phenoxy) is 1. The minimum absolute atomic E-state index is 0.169. The van der Waals surface area contributed by atoms with Crippen LogP contribution >= 0.6 is 0 Å². The van der Waals surface area contributed by atoms with Crippen LogP contribution in [0.3, 0.4) is 0 Å². The van der Waals surface area contributed by atoms with E-state index in [1.54, 1.807) is 0 Å². The maximum absolute atomic E-state index is 13.7. The van der Waals surface area contributed by atoms with Crippen molar-refractivity contribution in [1.29, 1.82) is 0 Å². The number of para-hydroxylation sites is 2. The van der Waals surface area contributed by atoms with E-state index in [4.69, 9.17) is 9.84 Å². The molecule has 3 aromatic carbocycles. The molecule has 6 nitrogen and oxygen atoms in total. The molecule has 5 aromatic rings. The molecule has 0 bridgehead atoms. The molecule has 1 aliphatic rings. The Morgan fingerprint density at radius 1 is 0.886 bits per heavy atom. The summed E-state index contributed by atoms with van der Waals surface area (Å²) in [6, 6.07) is 29.5. The van der Waals surface area contributed by atoms with Gasteiger partial charge in [-0.3, -0.25) is 4.79 Å². The summed E-state index contributed by atoms with van der Waals surface area (Å²) in [6.45, 7) is 1.19. The second-order valence-electron chi connectivity index (χ2n) is 8.75. The smallest absolute Gasteiger partial charge is 0.275 e. The number of rotatable bonds is 6. The van der Waals surface area contributed by atoms with Crippen molar-refractivity contribution in [3.63, 3.8) is 0 Å². The Morgan fingerprint density at radius 2 is 1.57 bits per heavy atom. The fourth-order valence-electron chi connectivity index (χ4n) is 4.91. The number of aromatic nitrogens is 3. The Labute approximate surface area is 203 Å². The van der Waals surface area contributed by atoms with E-state index in [1.165, 1.54) is 5.56 Å². The highest BCUT2D eigenvalue weighted by Crippen LogP contribution is 2.37. The van der Waals surface area contributed by atoms with Gasteiger partial charge in [0.15, 0.2) is 5.82 Å². The van der Waals surface area contributed by atoms with E-state index < -0.39 is 0 Å². The summed E-state index contributed by atoms with van der Waals surface area (Å²) < 4.78 is 10.1. The van der Waals surface area contributed by atoms with Crippen LogP contribution in [0.4, 0.5) is 5.69 Å². The molecule has 3 heterocycles. The third kappa shape index (κ3) is 3.97. The molecule has 1 N–H and O–H groups in total. The van der Waals surface area contributed by atoms with E-state index in [0.29, 0.717) is 12.3 Å². The molecule has 174 valence electrons. The summed E-state index contributed by atoms with van der Waals surface area (Å²) >= 11 is 0. The Balaban J connectivity index is 1.50. The summed E-state index contributed by atoms with van der Waals surface area (Å²) in [5.41, 5.74) is 5.48. The minimum atomic E-state index is -0.169. The maximum atomic E-state index is 13.7. The first-order valence-electron chi connectivity index (χ1n) is 12.0. The molecule has 1 amide bonds. The quantitative estimate of drug-likeness (QED) is 0.338. The summed E-state index contributed by atoms with van der Waals surface area (Å²) in [7, 11) is 0.